The lowest BCUT2D eigenvalue weighted by Gasteiger charge is -2.43. The second-order valence-electron chi connectivity index (χ2n) is 7.15. The Labute approximate surface area is 120 Å². The van der Waals surface area contributed by atoms with Gasteiger partial charge in [0, 0.05) is 12.1 Å². The van der Waals surface area contributed by atoms with Crippen molar-refractivity contribution < 1.29 is 0 Å². The summed E-state index contributed by atoms with van der Waals surface area (Å²) in [6.45, 7) is 2.44. The first-order chi connectivity index (χ1) is 9.23. The third-order valence-corrected chi connectivity index (χ3v) is 5.64. The molecule has 0 radical (unpaired) electrons. The molecule has 2 nitrogen and oxygen atoms in total. The predicted molar refractivity (Wildman–Crippen MR) is 83.6 cm³/mol. The average molecular weight is 266 g/mol. The van der Waals surface area contributed by atoms with Gasteiger partial charge < -0.3 is 10.2 Å². The Morgan fingerprint density at radius 1 is 0.947 bits per heavy atom. The zero-order chi connectivity index (χ0) is 13.6. The zero-order valence-corrected chi connectivity index (χ0v) is 13.2. The van der Waals surface area contributed by atoms with Crippen molar-refractivity contribution in [2.75, 3.05) is 27.2 Å². The van der Waals surface area contributed by atoms with E-state index in [2.05, 4.69) is 24.3 Å². The maximum absolute atomic E-state index is 3.78. The number of nitrogens with zero attached hydrogens (tertiary/aromatic N) is 1. The first-order valence-corrected chi connectivity index (χ1v) is 8.61. The van der Waals surface area contributed by atoms with E-state index in [9.17, 15) is 0 Å². The summed E-state index contributed by atoms with van der Waals surface area (Å²) in [5.74, 6) is 1.02. The summed E-state index contributed by atoms with van der Waals surface area (Å²) in [6, 6.07) is 0. The van der Waals surface area contributed by atoms with Crippen LogP contribution in [0, 0.1) is 5.92 Å². The molecule has 2 aliphatic carbocycles. The Bertz CT molecular complexity index is 238. The maximum atomic E-state index is 3.78. The number of rotatable bonds is 6. The first-order valence-electron chi connectivity index (χ1n) is 8.61. The highest BCUT2D eigenvalue weighted by molar-refractivity contribution is 4.92. The van der Waals surface area contributed by atoms with E-state index in [0.29, 0.717) is 5.54 Å². The average Bonchev–Trinajstić information content (AvgIpc) is 2.46. The molecule has 2 saturated carbocycles. The topological polar surface area (TPSA) is 15.3 Å². The van der Waals surface area contributed by atoms with Crippen molar-refractivity contribution in [3.8, 4) is 0 Å². The normalized spacial score (nSPS) is 24.8. The SMILES string of the molecule is CN(C)C1(CNCCC2CCCCC2)CCCCC1. The Hall–Kier alpha value is -0.0800. The van der Waals surface area contributed by atoms with Crippen LogP contribution in [0.1, 0.15) is 70.6 Å². The van der Waals surface area contributed by atoms with Crippen molar-refractivity contribution in [1.29, 1.82) is 0 Å². The number of likely N-dealkylation sites (N-methyl/N-ethyl adjacent to an activating group) is 1. The highest BCUT2D eigenvalue weighted by atomic mass is 15.2. The standard InChI is InChI=1S/C17H34N2/c1-19(2)17(12-7-4-8-13-17)15-18-14-11-16-9-5-3-6-10-16/h16,18H,3-15H2,1-2H3. The molecule has 0 aromatic heterocycles. The summed E-state index contributed by atoms with van der Waals surface area (Å²) in [5, 5.41) is 3.78. The molecule has 112 valence electrons. The minimum atomic E-state index is 0.449. The second-order valence-corrected chi connectivity index (χ2v) is 7.15. The maximum Gasteiger partial charge on any atom is 0.0327 e. The van der Waals surface area contributed by atoms with E-state index < -0.39 is 0 Å². The largest absolute Gasteiger partial charge is 0.315 e. The fourth-order valence-corrected chi connectivity index (χ4v) is 4.10. The number of nitrogens with one attached hydrogen (secondary N) is 1. The molecule has 0 heterocycles. The van der Waals surface area contributed by atoms with Gasteiger partial charge in [-0.05, 0) is 45.8 Å². The lowest BCUT2D eigenvalue weighted by Crippen LogP contribution is -2.53. The molecule has 2 fully saturated rings. The van der Waals surface area contributed by atoms with E-state index >= 15 is 0 Å². The van der Waals surface area contributed by atoms with Gasteiger partial charge in [-0.1, -0.05) is 51.4 Å². The van der Waals surface area contributed by atoms with Crippen molar-refractivity contribution in [1.82, 2.24) is 10.2 Å². The Morgan fingerprint density at radius 2 is 1.58 bits per heavy atom. The van der Waals surface area contributed by atoms with E-state index in [1.807, 2.05) is 0 Å². The van der Waals surface area contributed by atoms with Gasteiger partial charge in [-0.25, -0.2) is 0 Å². The van der Waals surface area contributed by atoms with Gasteiger partial charge >= 0.3 is 0 Å². The Balaban J connectivity index is 1.67. The van der Waals surface area contributed by atoms with Gasteiger partial charge in [0.25, 0.3) is 0 Å². The molecule has 2 heteroatoms. The summed E-state index contributed by atoms with van der Waals surface area (Å²) in [5.41, 5.74) is 0.449. The van der Waals surface area contributed by atoms with Gasteiger partial charge in [0.2, 0.25) is 0 Å². The fraction of sp³-hybridized carbons (Fsp3) is 1.00. The van der Waals surface area contributed by atoms with Crippen LogP contribution < -0.4 is 5.32 Å². The van der Waals surface area contributed by atoms with Crippen molar-refractivity contribution in [3.63, 3.8) is 0 Å². The smallest absolute Gasteiger partial charge is 0.0327 e. The second kappa shape index (κ2) is 7.64. The van der Waals surface area contributed by atoms with E-state index in [1.54, 1.807) is 0 Å². The molecule has 0 spiro atoms. The molecule has 0 aliphatic heterocycles. The van der Waals surface area contributed by atoms with Crippen LogP contribution in [0.5, 0.6) is 0 Å². The van der Waals surface area contributed by atoms with Crippen molar-refractivity contribution in [3.05, 3.63) is 0 Å². The van der Waals surface area contributed by atoms with Crippen molar-refractivity contribution in [2.45, 2.75) is 76.2 Å². The Kier molecular flexibility index (Phi) is 6.15. The van der Waals surface area contributed by atoms with Gasteiger partial charge in [-0.15, -0.1) is 0 Å². The lowest BCUT2D eigenvalue weighted by molar-refractivity contribution is 0.0982. The highest BCUT2D eigenvalue weighted by Crippen LogP contribution is 2.31. The van der Waals surface area contributed by atoms with Crippen molar-refractivity contribution in [2.24, 2.45) is 5.92 Å². The van der Waals surface area contributed by atoms with Gasteiger partial charge in [-0.2, -0.15) is 0 Å². The molecule has 0 unspecified atom stereocenters. The summed E-state index contributed by atoms with van der Waals surface area (Å²) in [6.07, 6.45) is 15.9. The van der Waals surface area contributed by atoms with Gasteiger partial charge in [0.05, 0.1) is 0 Å². The molecule has 19 heavy (non-hydrogen) atoms. The summed E-state index contributed by atoms with van der Waals surface area (Å²) in [4.78, 5) is 2.49. The predicted octanol–water partition coefficient (Wildman–Crippen LogP) is 3.81. The monoisotopic (exact) mass is 266 g/mol. The molecule has 2 rings (SSSR count). The van der Waals surface area contributed by atoms with Crippen LogP contribution in [0.25, 0.3) is 0 Å². The summed E-state index contributed by atoms with van der Waals surface area (Å²) in [7, 11) is 4.54. The van der Waals surface area contributed by atoms with Gasteiger partial charge in [-0.3, -0.25) is 0 Å². The molecule has 0 atom stereocenters. The molecular weight excluding hydrogens is 232 g/mol. The van der Waals surface area contributed by atoms with E-state index in [1.165, 1.54) is 83.7 Å². The molecule has 0 bridgehead atoms. The van der Waals surface area contributed by atoms with Crippen LogP contribution >= 0.6 is 0 Å². The quantitative estimate of drug-likeness (QED) is 0.735. The molecular formula is C17H34N2. The lowest BCUT2D eigenvalue weighted by atomic mass is 9.80. The number of hydrogen-bond donors (Lipinski definition) is 1. The van der Waals surface area contributed by atoms with Crippen LogP contribution in [0.4, 0.5) is 0 Å². The number of hydrogen-bond acceptors (Lipinski definition) is 2. The summed E-state index contributed by atoms with van der Waals surface area (Å²) >= 11 is 0. The van der Waals surface area contributed by atoms with Crippen LogP contribution in [0.15, 0.2) is 0 Å². The third-order valence-electron chi connectivity index (χ3n) is 5.64. The highest BCUT2D eigenvalue weighted by Gasteiger charge is 2.33. The molecule has 0 aromatic rings. The van der Waals surface area contributed by atoms with Crippen molar-refractivity contribution >= 4 is 0 Å². The van der Waals surface area contributed by atoms with Gasteiger partial charge in [0.1, 0.15) is 0 Å². The van der Waals surface area contributed by atoms with E-state index in [0.717, 1.165) is 5.92 Å². The minimum absolute atomic E-state index is 0.449. The zero-order valence-electron chi connectivity index (χ0n) is 13.2. The van der Waals surface area contributed by atoms with Crippen LogP contribution in [-0.2, 0) is 0 Å². The molecule has 0 amide bonds. The fourth-order valence-electron chi connectivity index (χ4n) is 4.10. The molecule has 0 aromatic carbocycles. The first kappa shape index (κ1) is 15.3. The van der Waals surface area contributed by atoms with Crippen LogP contribution in [0.2, 0.25) is 0 Å². The third kappa shape index (κ3) is 4.46. The van der Waals surface area contributed by atoms with E-state index in [4.69, 9.17) is 0 Å². The molecule has 2 aliphatic rings. The van der Waals surface area contributed by atoms with E-state index in [-0.39, 0.29) is 0 Å². The summed E-state index contributed by atoms with van der Waals surface area (Å²) < 4.78 is 0. The molecule has 0 saturated heterocycles. The molecule has 1 N–H and O–H groups in total. The minimum Gasteiger partial charge on any atom is -0.315 e. The Morgan fingerprint density at radius 3 is 2.21 bits per heavy atom. The van der Waals surface area contributed by atoms with Crippen LogP contribution in [0.3, 0.4) is 0 Å². The van der Waals surface area contributed by atoms with Gasteiger partial charge in [0.15, 0.2) is 0 Å². The van der Waals surface area contributed by atoms with Crippen LogP contribution in [-0.4, -0.2) is 37.6 Å².